The molecule has 0 unspecified atom stereocenters. The molecule has 0 atom stereocenters. The smallest absolute Gasteiger partial charge is 0.277 e. The minimum absolute atomic E-state index is 0.0168. The number of ether oxygens (including phenoxy) is 1. The van der Waals surface area contributed by atoms with Gasteiger partial charge in [-0.05, 0) is 46.9 Å². The quantitative estimate of drug-likeness (QED) is 0.489. The number of aryl methyl sites for hydroxylation is 1. The third-order valence-electron chi connectivity index (χ3n) is 4.76. The van der Waals surface area contributed by atoms with E-state index in [-0.39, 0.29) is 18.4 Å². The van der Waals surface area contributed by atoms with Gasteiger partial charge in [0, 0.05) is 12.1 Å². The van der Waals surface area contributed by atoms with E-state index >= 15 is 0 Å². The molecule has 1 aliphatic heterocycles. The molecule has 2 N–H and O–H groups in total. The number of fused-ring (bicyclic) bond motifs is 1. The lowest BCUT2D eigenvalue weighted by Gasteiger charge is -2.17. The highest BCUT2D eigenvalue weighted by Crippen LogP contribution is 2.26. The average Bonchev–Trinajstić information content (AvgIpc) is 2.79. The third-order valence-corrected chi connectivity index (χ3v) is 4.76. The Balaban J connectivity index is 1.27. The molecule has 0 saturated carbocycles. The molecule has 30 heavy (non-hydrogen) atoms. The molecule has 0 spiro atoms. The molecule has 150 valence electrons. The molecule has 0 aliphatic carbocycles. The van der Waals surface area contributed by atoms with Crippen LogP contribution in [0.3, 0.4) is 0 Å². The van der Waals surface area contributed by atoms with Crippen LogP contribution in [0, 0.1) is 0 Å². The Morgan fingerprint density at radius 3 is 2.57 bits per heavy atom. The second-order valence-electron chi connectivity index (χ2n) is 6.94. The maximum atomic E-state index is 12.0. The maximum absolute atomic E-state index is 12.0. The summed E-state index contributed by atoms with van der Waals surface area (Å²) in [7, 11) is 0. The summed E-state index contributed by atoms with van der Waals surface area (Å²) in [5.74, 6) is 0.252. The van der Waals surface area contributed by atoms with E-state index in [9.17, 15) is 9.59 Å². The topological polar surface area (TPSA) is 79.8 Å². The van der Waals surface area contributed by atoms with Crippen molar-refractivity contribution >= 4 is 23.7 Å². The lowest BCUT2D eigenvalue weighted by atomic mass is 10.0. The Hall–Kier alpha value is -3.93. The van der Waals surface area contributed by atoms with Gasteiger partial charge in [0.25, 0.3) is 5.91 Å². The molecule has 0 aromatic heterocycles. The van der Waals surface area contributed by atoms with Crippen LogP contribution in [-0.2, 0) is 16.0 Å². The van der Waals surface area contributed by atoms with Crippen molar-refractivity contribution in [2.45, 2.75) is 12.8 Å². The Morgan fingerprint density at radius 2 is 1.77 bits per heavy atom. The van der Waals surface area contributed by atoms with Crippen LogP contribution in [0.4, 0.5) is 5.69 Å². The SMILES string of the molecule is O=C(COc1ccc2c(c1)CCC(=O)N2)N/N=C/c1ccc(-c2ccccc2)cc1. The summed E-state index contributed by atoms with van der Waals surface area (Å²) in [4.78, 5) is 23.4. The van der Waals surface area contributed by atoms with Gasteiger partial charge in [0.15, 0.2) is 6.61 Å². The largest absolute Gasteiger partial charge is 0.484 e. The zero-order valence-electron chi connectivity index (χ0n) is 16.3. The highest BCUT2D eigenvalue weighted by Gasteiger charge is 2.15. The molecule has 0 bridgehead atoms. The first-order chi connectivity index (χ1) is 14.7. The third kappa shape index (κ3) is 4.91. The number of rotatable bonds is 6. The summed E-state index contributed by atoms with van der Waals surface area (Å²) < 4.78 is 5.53. The number of benzene rings is 3. The fourth-order valence-electron chi connectivity index (χ4n) is 3.20. The Labute approximate surface area is 174 Å². The monoisotopic (exact) mass is 399 g/mol. The standard InChI is InChI=1S/C24H21N3O3/c28-23-13-10-20-14-21(11-12-22(20)26-23)30-16-24(29)27-25-15-17-6-8-19(9-7-17)18-4-2-1-3-5-18/h1-9,11-12,14-15H,10,13,16H2,(H,26,28)(H,27,29)/b25-15+. The molecular formula is C24H21N3O3. The minimum Gasteiger partial charge on any atom is -0.484 e. The van der Waals surface area contributed by atoms with Crippen LogP contribution in [0.2, 0.25) is 0 Å². The van der Waals surface area contributed by atoms with Gasteiger partial charge in [0.1, 0.15) is 5.75 Å². The van der Waals surface area contributed by atoms with Crippen LogP contribution in [0.25, 0.3) is 11.1 Å². The van der Waals surface area contributed by atoms with Crippen molar-refractivity contribution in [1.82, 2.24) is 5.43 Å². The Bertz CT molecular complexity index is 1080. The van der Waals surface area contributed by atoms with Crippen LogP contribution >= 0.6 is 0 Å². The predicted octanol–water partition coefficient (Wildman–Crippen LogP) is 3.77. The summed E-state index contributed by atoms with van der Waals surface area (Å²) >= 11 is 0. The highest BCUT2D eigenvalue weighted by molar-refractivity contribution is 5.94. The summed E-state index contributed by atoms with van der Waals surface area (Å²) in [5.41, 5.74) is 7.42. The number of carbonyl (C=O) groups is 2. The molecular weight excluding hydrogens is 378 g/mol. The maximum Gasteiger partial charge on any atom is 0.277 e. The number of hydrazone groups is 1. The summed E-state index contributed by atoms with van der Waals surface area (Å²) in [5, 5.41) is 6.80. The first kappa shape index (κ1) is 19.4. The van der Waals surface area contributed by atoms with Crippen LogP contribution in [0.1, 0.15) is 17.5 Å². The zero-order chi connectivity index (χ0) is 20.8. The van der Waals surface area contributed by atoms with Gasteiger partial charge in [-0.25, -0.2) is 5.43 Å². The van der Waals surface area contributed by atoms with E-state index in [0.717, 1.165) is 27.9 Å². The first-order valence-electron chi connectivity index (χ1n) is 9.70. The number of nitrogens with zero attached hydrogens (tertiary/aromatic N) is 1. The van der Waals surface area contributed by atoms with E-state index in [1.807, 2.05) is 48.5 Å². The van der Waals surface area contributed by atoms with Gasteiger partial charge in [-0.2, -0.15) is 5.10 Å². The van der Waals surface area contributed by atoms with E-state index in [1.54, 1.807) is 18.3 Å². The fraction of sp³-hybridized carbons (Fsp3) is 0.125. The molecule has 3 aromatic rings. The number of nitrogens with one attached hydrogen (secondary N) is 2. The van der Waals surface area contributed by atoms with Crippen LogP contribution in [-0.4, -0.2) is 24.6 Å². The number of carbonyl (C=O) groups excluding carboxylic acids is 2. The fourth-order valence-corrected chi connectivity index (χ4v) is 3.20. The molecule has 6 nitrogen and oxygen atoms in total. The second-order valence-corrected chi connectivity index (χ2v) is 6.94. The number of anilines is 1. The van der Waals surface area contributed by atoms with E-state index < -0.39 is 0 Å². The number of amides is 2. The molecule has 2 amide bonds. The highest BCUT2D eigenvalue weighted by atomic mass is 16.5. The van der Waals surface area contributed by atoms with Crippen LogP contribution < -0.4 is 15.5 Å². The molecule has 1 aliphatic rings. The van der Waals surface area contributed by atoms with Crippen LogP contribution in [0.5, 0.6) is 5.75 Å². The summed E-state index contributed by atoms with van der Waals surface area (Å²) in [6.07, 6.45) is 2.71. The summed E-state index contributed by atoms with van der Waals surface area (Å²) in [6, 6.07) is 23.4. The van der Waals surface area contributed by atoms with Crippen molar-refractivity contribution in [3.8, 4) is 16.9 Å². The van der Waals surface area contributed by atoms with E-state index in [4.69, 9.17) is 4.74 Å². The van der Waals surface area contributed by atoms with Crippen molar-refractivity contribution in [2.75, 3.05) is 11.9 Å². The Kier molecular flexibility index (Phi) is 5.85. The molecule has 0 fully saturated rings. The van der Waals surface area contributed by atoms with Gasteiger partial charge in [-0.3, -0.25) is 9.59 Å². The normalized spacial score (nSPS) is 12.9. The Morgan fingerprint density at radius 1 is 1.00 bits per heavy atom. The molecule has 3 aromatic carbocycles. The van der Waals surface area contributed by atoms with Gasteiger partial charge in [-0.15, -0.1) is 0 Å². The van der Waals surface area contributed by atoms with E-state index in [0.29, 0.717) is 18.6 Å². The van der Waals surface area contributed by atoms with Crippen molar-refractivity contribution in [1.29, 1.82) is 0 Å². The predicted molar refractivity (Wildman–Crippen MR) is 117 cm³/mol. The van der Waals surface area contributed by atoms with Gasteiger partial charge < -0.3 is 10.1 Å². The molecule has 0 saturated heterocycles. The van der Waals surface area contributed by atoms with Crippen molar-refractivity contribution < 1.29 is 14.3 Å². The van der Waals surface area contributed by atoms with Crippen LogP contribution in [0.15, 0.2) is 77.9 Å². The minimum atomic E-state index is -0.349. The van der Waals surface area contributed by atoms with Crippen molar-refractivity contribution in [3.63, 3.8) is 0 Å². The van der Waals surface area contributed by atoms with E-state index in [1.165, 1.54) is 0 Å². The molecule has 6 heteroatoms. The second kappa shape index (κ2) is 9.05. The van der Waals surface area contributed by atoms with Gasteiger partial charge in [-0.1, -0.05) is 54.6 Å². The average molecular weight is 399 g/mol. The molecule has 1 heterocycles. The van der Waals surface area contributed by atoms with Crippen molar-refractivity contribution in [2.24, 2.45) is 5.10 Å². The lowest BCUT2D eigenvalue weighted by Crippen LogP contribution is -2.24. The molecule has 0 radical (unpaired) electrons. The van der Waals surface area contributed by atoms with Crippen molar-refractivity contribution in [3.05, 3.63) is 83.9 Å². The summed E-state index contributed by atoms with van der Waals surface area (Å²) in [6.45, 7) is -0.143. The first-order valence-corrected chi connectivity index (χ1v) is 9.70. The molecule has 4 rings (SSSR count). The van der Waals surface area contributed by atoms with Gasteiger partial charge in [0.05, 0.1) is 6.21 Å². The number of hydrogen-bond donors (Lipinski definition) is 2. The zero-order valence-corrected chi connectivity index (χ0v) is 16.3. The van der Waals surface area contributed by atoms with Gasteiger partial charge in [0.2, 0.25) is 5.91 Å². The number of hydrogen-bond acceptors (Lipinski definition) is 4. The van der Waals surface area contributed by atoms with Gasteiger partial charge >= 0.3 is 0 Å². The lowest BCUT2D eigenvalue weighted by molar-refractivity contribution is -0.123. The van der Waals surface area contributed by atoms with E-state index in [2.05, 4.69) is 28.0 Å².